The largest absolute Gasteiger partial charge is 0.481 e. The molecule has 0 aliphatic carbocycles. The maximum Gasteiger partial charge on any atom is 0.305 e. The summed E-state index contributed by atoms with van der Waals surface area (Å²) in [7, 11) is 1.60. The highest BCUT2D eigenvalue weighted by molar-refractivity contribution is 6.31. The number of likely N-dealkylation sites (N-methyl/N-ethyl adjacent to an activating group) is 1. The minimum absolute atomic E-state index is 0.0551. The number of hydrogen-bond acceptors (Lipinski definition) is 2. The summed E-state index contributed by atoms with van der Waals surface area (Å²) in [6.07, 6.45) is 1.77. The monoisotopic (exact) mass is 294 g/mol. The molecule has 1 amide bonds. The molecule has 106 valence electrons. The van der Waals surface area contributed by atoms with Crippen molar-refractivity contribution in [3.63, 3.8) is 0 Å². The van der Waals surface area contributed by atoms with E-state index in [-0.39, 0.29) is 25.4 Å². The molecule has 0 saturated heterocycles. The number of carbonyl (C=O) groups is 2. The average molecular weight is 295 g/mol. The summed E-state index contributed by atoms with van der Waals surface area (Å²) in [5.41, 5.74) is 0.887. The van der Waals surface area contributed by atoms with E-state index in [9.17, 15) is 9.59 Å². The molecule has 20 heavy (non-hydrogen) atoms. The molecule has 2 rings (SSSR count). The summed E-state index contributed by atoms with van der Waals surface area (Å²) in [6.45, 7) is 0.369. The van der Waals surface area contributed by atoms with Gasteiger partial charge in [-0.1, -0.05) is 17.7 Å². The Morgan fingerprint density at radius 2 is 2.10 bits per heavy atom. The fraction of sp³-hybridized carbons (Fsp3) is 0.286. The van der Waals surface area contributed by atoms with Crippen molar-refractivity contribution in [3.05, 3.63) is 35.5 Å². The number of aromatic nitrogens is 1. The van der Waals surface area contributed by atoms with Gasteiger partial charge in [-0.2, -0.15) is 0 Å². The molecular formula is C14H15ClN2O3. The number of rotatable bonds is 5. The molecule has 0 bridgehead atoms. The Bertz CT molecular complexity index is 651. The van der Waals surface area contributed by atoms with E-state index >= 15 is 0 Å². The summed E-state index contributed by atoms with van der Waals surface area (Å²) in [5, 5.41) is 10.2. The summed E-state index contributed by atoms with van der Waals surface area (Å²) in [6, 6.07) is 7.42. The van der Waals surface area contributed by atoms with Crippen molar-refractivity contribution in [2.45, 2.75) is 13.0 Å². The minimum atomic E-state index is -0.914. The second-order valence-corrected chi connectivity index (χ2v) is 5.04. The van der Waals surface area contributed by atoms with E-state index in [0.29, 0.717) is 5.02 Å². The van der Waals surface area contributed by atoms with E-state index < -0.39 is 5.97 Å². The summed E-state index contributed by atoms with van der Waals surface area (Å²) in [4.78, 5) is 23.9. The van der Waals surface area contributed by atoms with Crippen molar-refractivity contribution in [1.29, 1.82) is 0 Å². The van der Waals surface area contributed by atoms with Crippen LogP contribution < -0.4 is 0 Å². The van der Waals surface area contributed by atoms with Gasteiger partial charge in [-0.15, -0.1) is 0 Å². The van der Waals surface area contributed by atoms with Gasteiger partial charge < -0.3 is 14.6 Å². The first kappa shape index (κ1) is 14.4. The van der Waals surface area contributed by atoms with Crippen LogP contribution in [0.4, 0.5) is 0 Å². The number of nitrogens with zero attached hydrogens (tertiary/aromatic N) is 2. The zero-order valence-electron chi connectivity index (χ0n) is 11.0. The molecule has 0 fully saturated rings. The SMILES string of the molecule is CN(CCC(=O)O)C(=O)Cn1ccc2ccc(Cl)cc21. The topological polar surface area (TPSA) is 62.5 Å². The molecule has 0 saturated carbocycles. The van der Waals surface area contributed by atoms with Crippen LogP contribution in [0.1, 0.15) is 6.42 Å². The standard InChI is InChI=1S/C14H15ClN2O3/c1-16(6-5-14(19)20)13(18)9-17-7-4-10-2-3-11(15)8-12(10)17/h2-4,7-8H,5-6,9H2,1H3,(H,19,20). The van der Waals surface area contributed by atoms with E-state index in [1.807, 2.05) is 18.3 Å². The number of carbonyl (C=O) groups excluding carboxylic acids is 1. The molecule has 0 spiro atoms. The maximum absolute atomic E-state index is 12.0. The summed E-state index contributed by atoms with van der Waals surface area (Å²) < 4.78 is 1.81. The van der Waals surface area contributed by atoms with Gasteiger partial charge in [0.2, 0.25) is 5.91 Å². The lowest BCUT2D eigenvalue weighted by Crippen LogP contribution is -2.31. The van der Waals surface area contributed by atoms with Gasteiger partial charge in [0.1, 0.15) is 6.54 Å². The van der Waals surface area contributed by atoms with Crippen molar-refractivity contribution in [1.82, 2.24) is 9.47 Å². The van der Waals surface area contributed by atoms with Gasteiger partial charge in [0, 0.05) is 30.3 Å². The molecule has 0 atom stereocenters. The van der Waals surface area contributed by atoms with Gasteiger partial charge in [-0.25, -0.2) is 0 Å². The third kappa shape index (κ3) is 3.30. The van der Waals surface area contributed by atoms with Crippen LogP contribution in [0.2, 0.25) is 5.02 Å². The third-order valence-electron chi connectivity index (χ3n) is 3.13. The van der Waals surface area contributed by atoms with Crippen molar-refractivity contribution in [2.75, 3.05) is 13.6 Å². The van der Waals surface area contributed by atoms with Crippen LogP contribution in [0.3, 0.4) is 0 Å². The Hall–Kier alpha value is -2.01. The van der Waals surface area contributed by atoms with Gasteiger partial charge in [0.25, 0.3) is 0 Å². The minimum Gasteiger partial charge on any atom is -0.481 e. The quantitative estimate of drug-likeness (QED) is 0.920. The fourth-order valence-corrected chi connectivity index (χ4v) is 2.12. The highest BCUT2D eigenvalue weighted by Crippen LogP contribution is 2.20. The Morgan fingerprint density at radius 1 is 1.35 bits per heavy atom. The smallest absolute Gasteiger partial charge is 0.305 e. The Balaban J connectivity index is 2.09. The lowest BCUT2D eigenvalue weighted by molar-refractivity contribution is -0.138. The number of amides is 1. The van der Waals surface area contributed by atoms with Gasteiger partial charge >= 0.3 is 5.97 Å². The maximum atomic E-state index is 12.0. The van der Waals surface area contributed by atoms with Crippen LogP contribution in [0, 0.1) is 0 Å². The molecular weight excluding hydrogens is 280 g/mol. The van der Waals surface area contributed by atoms with Crippen LogP contribution >= 0.6 is 11.6 Å². The highest BCUT2D eigenvalue weighted by Gasteiger charge is 2.12. The lowest BCUT2D eigenvalue weighted by Gasteiger charge is -2.16. The number of carboxylic acid groups (broad SMARTS) is 1. The molecule has 1 aromatic heterocycles. The molecule has 6 heteroatoms. The second-order valence-electron chi connectivity index (χ2n) is 4.61. The van der Waals surface area contributed by atoms with Crippen LogP contribution in [0.15, 0.2) is 30.5 Å². The molecule has 0 unspecified atom stereocenters. The molecule has 1 heterocycles. The molecule has 1 N–H and O–H groups in total. The van der Waals surface area contributed by atoms with Crippen LogP contribution in [0.5, 0.6) is 0 Å². The number of benzene rings is 1. The van der Waals surface area contributed by atoms with Crippen LogP contribution in [-0.2, 0) is 16.1 Å². The Morgan fingerprint density at radius 3 is 2.80 bits per heavy atom. The lowest BCUT2D eigenvalue weighted by atomic mass is 10.2. The van der Waals surface area contributed by atoms with E-state index in [4.69, 9.17) is 16.7 Å². The molecule has 1 aromatic carbocycles. The number of halogens is 1. The predicted octanol–water partition coefficient (Wildman–Crippen LogP) is 2.23. The van der Waals surface area contributed by atoms with E-state index in [0.717, 1.165) is 10.9 Å². The van der Waals surface area contributed by atoms with Crippen molar-refractivity contribution in [2.24, 2.45) is 0 Å². The number of hydrogen-bond donors (Lipinski definition) is 1. The average Bonchev–Trinajstić information content (AvgIpc) is 2.78. The van der Waals surface area contributed by atoms with Crippen LogP contribution in [-0.4, -0.2) is 40.0 Å². The van der Waals surface area contributed by atoms with E-state index in [1.54, 1.807) is 23.7 Å². The second kappa shape index (κ2) is 5.96. The normalized spacial score (nSPS) is 10.7. The van der Waals surface area contributed by atoms with E-state index in [1.165, 1.54) is 4.90 Å². The Kier molecular flexibility index (Phi) is 4.29. The van der Waals surface area contributed by atoms with Crippen LogP contribution in [0.25, 0.3) is 10.9 Å². The molecule has 0 aliphatic heterocycles. The van der Waals surface area contributed by atoms with Crippen molar-refractivity contribution < 1.29 is 14.7 Å². The number of fused-ring (bicyclic) bond motifs is 1. The van der Waals surface area contributed by atoms with E-state index in [2.05, 4.69) is 0 Å². The summed E-state index contributed by atoms with van der Waals surface area (Å²) in [5.74, 6) is -1.05. The highest BCUT2D eigenvalue weighted by atomic mass is 35.5. The number of aliphatic carboxylic acids is 1. The molecule has 0 aliphatic rings. The van der Waals surface area contributed by atoms with Gasteiger partial charge in [-0.3, -0.25) is 9.59 Å². The summed E-state index contributed by atoms with van der Waals surface area (Å²) >= 11 is 5.96. The van der Waals surface area contributed by atoms with Crippen molar-refractivity contribution in [3.8, 4) is 0 Å². The van der Waals surface area contributed by atoms with Crippen molar-refractivity contribution >= 4 is 34.4 Å². The zero-order valence-corrected chi connectivity index (χ0v) is 11.8. The van der Waals surface area contributed by atoms with Gasteiger partial charge in [-0.05, 0) is 23.6 Å². The first-order valence-electron chi connectivity index (χ1n) is 6.17. The Labute approximate surface area is 121 Å². The molecule has 2 aromatic rings. The first-order valence-corrected chi connectivity index (χ1v) is 6.55. The van der Waals surface area contributed by atoms with Gasteiger partial charge in [0.05, 0.1) is 6.42 Å². The fourth-order valence-electron chi connectivity index (χ4n) is 1.95. The molecule has 0 radical (unpaired) electrons. The van der Waals surface area contributed by atoms with Gasteiger partial charge in [0.15, 0.2) is 0 Å². The zero-order chi connectivity index (χ0) is 14.7. The third-order valence-corrected chi connectivity index (χ3v) is 3.36. The number of carboxylic acids is 1. The first-order chi connectivity index (χ1) is 9.47. The molecule has 5 nitrogen and oxygen atoms in total. The predicted molar refractivity (Wildman–Crippen MR) is 76.8 cm³/mol.